The summed E-state index contributed by atoms with van der Waals surface area (Å²) in [6, 6.07) is 2.01. The zero-order chi connectivity index (χ0) is 14.4. The molecule has 2 N–H and O–H groups in total. The van der Waals surface area contributed by atoms with Crippen LogP contribution in [0.4, 0.5) is 4.39 Å². The number of carbonyl (C=O) groups is 1. The number of halogens is 3. The predicted molar refractivity (Wildman–Crippen MR) is 77.8 cm³/mol. The Morgan fingerprint density at radius 1 is 1.47 bits per heavy atom. The Morgan fingerprint density at radius 2 is 2.16 bits per heavy atom. The van der Waals surface area contributed by atoms with Gasteiger partial charge < -0.3 is 10.4 Å². The fourth-order valence-electron chi connectivity index (χ4n) is 1.51. The molecule has 1 amide bonds. The quantitative estimate of drug-likeness (QED) is 0.790. The van der Waals surface area contributed by atoms with Crippen molar-refractivity contribution in [3.63, 3.8) is 0 Å². The highest BCUT2D eigenvalue weighted by molar-refractivity contribution is 7.98. The van der Waals surface area contributed by atoms with Crippen molar-refractivity contribution in [3.8, 4) is 0 Å². The highest BCUT2D eigenvalue weighted by Crippen LogP contribution is 2.24. The molecule has 0 heterocycles. The van der Waals surface area contributed by atoms with E-state index in [0.29, 0.717) is 12.2 Å². The van der Waals surface area contributed by atoms with Gasteiger partial charge in [0.05, 0.1) is 15.6 Å². The third-order valence-corrected chi connectivity index (χ3v) is 3.77. The van der Waals surface area contributed by atoms with Crippen LogP contribution in [0.25, 0.3) is 0 Å². The summed E-state index contributed by atoms with van der Waals surface area (Å²) in [6.07, 6.45) is 2.33. The molecule has 0 bridgehead atoms. The second kappa shape index (κ2) is 7.94. The molecule has 0 fully saturated rings. The lowest BCUT2D eigenvalue weighted by Crippen LogP contribution is -2.37. The minimum absolute atomic E-state index is 0.0335. The molecule has 0 radical (unpaired) electrons. The zero-order valence-electron chi connectivity index (χ0n) is 10.3. The maximum atomic E-state index is 13.3. The van der Waals surface area contributed by atoms with E-state index in [0.717, 1.165) is 6.07 Å². The van der Waals surface area contributed by atoms with Gasteiger partial charge in [-0.1, -0.05) is 23.2 Å². The largest absolute Gasteiger partial charge is 0.396 e. The second-order valence-corrected chi connectivity index (χ2v) is 5.61. The molecule has 1 aromatic rings. The van der Waals surface area contributed by atoms with Crippen LogP contribution in [0.1, 0.15) is 16.8 Å². The van der Waals surface area contributed by atoms with E-state index >= 15 is 0 Å². The lowest BCUT2D eigenvalue weighted by atomic mass is 10.1. The first kappa shape index (κ1) is 16.6. The molecule has 19 heavy (non-hydrogen) atoms. The van der Waals surface area contributed by atoms with Crippen molar-refractivity contribution in [3.05, 3.63) is 33.6 Å². The van der Waals surface area contributed by atoms with Crippen LogP contribution in [0, 0.1) is 5.82 Å². The Kier molecular flexibility index (Phi) is 6.93. The van der Waals surface area contributed by atoms with E-state index in [-0.39, 0.29) is 28.3 Å². The monoisotopic (exact) mass is 325 g/mol. The molecule has 106 valence electrons. The Labute approximate surface area is 125 Å². The third-order valence-electron chi connectivity index (χ3n) is 2.44. The van der Waals surface area contributed by atoms with E-state index in [2.05, 4.69) is 5.32 Å². The molecule has 0 aromatic heterocycles. The van der Waals surface area contributed by atoms with Crippen LogP contribution in [-0.2, 0) is 0 Å². The summed E-state index contributed by atoms with van der Waals surface area (Å²) in [5.74, 6) is -0.521. The van der Waals surface area contributed by atoms with Crippen molar-refractivity contribution in [2.24, 2.45) is 0 Å². The molecule has 0 saturated heterocycles. The van der Waals surface area contributed by atoms with Gasteiger partial charge in [0.1, 0.15) is 5.82 Å². The molecule has 0 spiro atoms. The number of nitrogens with one attached hydrogen (secondary N) is 1. The molecule has 3 nitrogen and oxygen atoms in total. The average Bonchev–Trinajstić information content (AvgIpc) is 2.34. The molecule has 1 aromatic carbocycles. The van der Waals surface area contributed by atoms with Crippen LogP contribution < -0.4 is 5.32 Å². The molecule has 0 aliphatic rings. The summed E-state index contributed by atoms with van der Waals surface area (Å²) in [5, 5.41) is 11.6. The number of aliphatic hydroxyl groups is 1. The summed E-state index contributed by atoms with van der Waals surface area (Å²) in [4.78, 5) is 12.0. The van der Waals surface area contributed by atoms with Crippen LogP contribution in [0.15, 0.2) is 12.1 Å². The first-order valence-corrected chi connectivity index (χ1v) is 7.69. The topological polar surface area (TPSA) is 49.3 Å². The van der Waals surface area contributed by atoms with Crippen molar-refractivity contribution < 1.29 is 14.3 Å². The smallest absolute Gasteiger partial charge is 0.253 e. The fraction of sp³-hybridized carbons (Fsp3) is 0.417. The SMILES string of the molecule is CSCC(CCO)NC(=O)c1cc(F)c(Cl)cc1Cl. The van der Waals surface area contributed by atoms with Gasteiger partial charge in [0.15, 0.2) is 0 Å². The predicted octanol–water partition coefficient (Wildman–Crippen LogP) is 2.98. The zero-order valence-corrected chi connectivity index (χ0v) is 12.6. The average molecular weight is 326 g/mol. The van der Waals surface area contributed by atoms with E-state index in [1.165, 1.54) is 6.07 Å². The lowest BCUT2D eigenvalue weighted by Gasteiger charge is -2.17. The summed E-state index contributed by atoms with van der Waals surface area (Å²) >= 11 is 13.0. The first-order valence-electron chi connectivity index (χ1n) is 5.54. The van der Waals surface area contributed by atoms with Gasteiger partial charge in [-0.2, -0.15) is 11.8 Å². The molecule has 1 atom stereocenters. The Bertz CT molecular complexity index is 454. The number of thioether (sulfide) groups is 1. The van der Waals surface area contributed by atoms with Gasteiger partial charge in [-0.05, 0) is 24.8 Å². The fourth-order valence-corrected chi connectivity index (χ4v) is 2.64. The van der Waals surface area contributed by atoms with Crippen LogP contribution in [0.3, 0.4) is 0 Å². The van der Waals surface area contributed by atoms with E-state index in [1.807, 2.05) is 6.26 Å². The van der Waals surface area contributed by atoms with Gasteiger partial charge in [0.25, 0.3) is 5.91 Å². The van der Waals surface area contributed by atoms with Crippen LogP contribution >= 0.6 is 35.0 Å². The molecule has 1 rings (SSSR count). The summed E-state index contributed by atoms with van der Waals surface area (Å²) < 4.78 is 13.3. The number of carbonyl (C=O) groups excluding carboxylic acids is 1. The van der Waals surface area contributed by atoms with Crippen molar-refractivity contribution in [1.29, 1.82) is 0 Å². The third kappa shape index (κ3) is 4.84. The highest BCUT2D eigenvalue weighted by Gasteiger charge is 2.17. The van der Waals surface area contributed by atoms with Gasteiger partial charge in [-0.3, -0.25) is 4.79 Å². The number of hydrogen-bond donors (Lipinski definition) is 2. The molecule has 0 aliphatic heterocycles. The maximum Gasteiger partial charge on any atom is 0.253 e. The normalized spacial score (nSPS) is 12.3. The number of rotatable bonds is 6. The summed E-state index contributed by atoms with van der Waals surface area (Å²) in [7, 11) is 0. The van der Waals surface area contributed by atoms with Gasteiger partial charge in [-0.25, -0.2) is 4.39 Å². The minimum Gasteiger partial charge on any atom is -0.396 e. The standard InChI is InChI=1S/C12H14Cl2FNO2S/c1-19-6-7(2-3-17)16-12(18)8-4-11(15)10(14)5-9(8)13/h4-5,7,17H,2-3,6H2,1H3,(H,16,18). The van der Waals surface area contributed by atoms with E-state index in [1.54, 1.807) is 11.8 Å². The first-order chi connectivity index (χ1) is 8.99. The lowest BCUT2D eigenvalue weighted by molar-refractivity contribution is 0.0935. The number of aliphatic hydroxyl groups excluding tert-OH is 1. The number of benzene rings is 1. The van der Waals surface area contributed by atoms with Crippen LogP contribution in [-0.4, -0.2) is 35.7 Å². The van der Waals surface area contributed by atoms with Gasteiger partial charge in [0.2, 0.25) is 0 Å². The van der Waals surface area contributed by atoms with Crippen LogP contribution in [0.2, 0.25) is 10.0 Å². The number of amides is 1. The van der Waals surface area contributed by atoms with E-state index in [9.17, 15) is 9.18 Å². The molecule has 0 aliphatic carbocycles. The Hall–Kier alpha value is -0.490. The highest BCUT2D eigenvalue weighted by atomic mass is 35.5. The van der Waals surface area contributed by atoms with Crippen molar-refractivity contribution >= 4 is 40.9 Å². The number of hydrogen-bond acceptors (Lipinski definition) is 3. The van der Waals surface area contributed by atoms with Crippen LogP contribution in [0.5, 0.6) is 0 Å². The Morgan fingerprint density at radius 3 is 2.74 bits per heavy atom. The second-order valence-electron chi connectivity index (χ2n) is 3.88. The molecular weight excluding hydrogens is 312 g/mol. The van der Waals surface area contributed by atoms with Gasteiger partial charge >= 0.3 is 0 Å². The Balaban J connectivity index is 2.84. The summed E-state index contributed by atoms with van der Waals surface area (Å²) in [5.41, 5.74) is 0.0348. The van der Waals surface area contributed by atoms with Crippen molar-refractivity contribution in [1.82, 2.24) is 5.32 Å². The van der Waals surface area contributed by atoms with Crippen molar-refractivity contribution in [2.75, 3.05) is 18.6 Å². The maximum absolute atomic E-state index is 13.3. The van der Waals surface area contributed by atoms with Gasteiger partial charge in [0, 0.05) is 18.4 Å². The van der Waals surface area contributed by atoms with E-state index in [4.69, 9.17) is 28.3 Å². The summed E-state index contributed by atoms with van der Waals surface area (Å²) in [6.45, 7) is -0.0335. The minimum atomic E-state index is -0.695. The molecule has 7 heteroatoms. The molecular formula is C12H14Cl2FNO2S. The molecule has 1 unspecified atom stereocenters. The van der Waals surface area contributed by atoms with Gasteiger partial charge in [-0.15, -0.1) is 0 Å². The molecule has 0 saturated carbocycles. The van der Waals surface area contributed by atoms with E-state index < -0.39 is 11.7 Å². The van der Waals surface area contributed by atoms with Crippen molar-refractivity contribution in [2.45, 2.75) is 12.5 Å².